The summed E-state index contributed by atoms with van der Waals surface area (Å²) in [7, 11) is 0. The first-order valence-electron chi connectivity index (χ1n) is 9.37. The average molecular weight is 417 g/mol. The number of hydrogen-bond acceptors (Lipinski definition) is 6. The molecule has 2 bridgehead atoms. The van der Waals surface area contributed by atoms with Crippen LogP contribution in [0.1, 0.15) is 46.7 Å². The molecule has 2 amide bonds. The number of nitrogens with one attached hydrogen (secondary N) is 2. The number of primary amides is 1. The molecule has 5 rings (SSSR count). The summed E-state index contributed by atoms with van der Waals surface area (Å²) < 4.78 is 6.92. The molecule has 3 aromatic heterocycles. The third kappa shape index (κ3) is 3.47. The Labute approximate surface area is 172 Å². The fourth-order valence-corrected chi connectivity index (χ4v) is 4.30. The van der Waals surface area contributed by atoms with Gasteiger partial charge in [0.15, 0.2) is 17.1 Å². The Morgan fingerprint density at radius 2 is 2.03 bits per heavy atom. The topological polar surface area (TPSA) is 128 Å². The lowest BCUT2D eigenvalue weighted by molar-refractivity contribution is 0.0916. The highest BCUT2D eigenvalue weighted by Crippen LogP contribution is 2.27. The molecule has 0 saturated carbocycles. The largest absolute Gasteiger partial charge is 0.463 e. The van der Waals surface area contributed by atoms with E-state index in [1.54, 1.807) is 18.2 Å². The van der Waals surface area contributed by atoms with Crippen molar-refractivity contribution >= 4 is 29.9 Å². The zero-order chi connectivity index (χ0) is 19.3. The van der Waals surface area contributed by atoms with Crippen LogP contribution in [-0.2, 0) is 0 Å². The van der Waals surface area contributed by atoms with E-state index in [-0.39, 0.29) is 35.7 Å². The molecule has 0 aliphatic carbocycles. The summed E-state index contributed by atoms with van der Waals surface area (Å²) >= 11 is 0. The normalized spacial score (nSPS) is 23.0. The van der Waals surface area contributed by atoms with Crippen molar-refractivity contribution in [1.82, 2.24) is 25.0 Å². The highest BCUT2D eigenvalue weighted by atomic mass is 35.5. The minimum atomic E-state index is -0.701. The number of rotatable bonds is 4. The van der Waals surface area contributed by atoms with Crippen molar-refractivity contribution in [2.45, 2.75) is 43.8 Å². The van der Waals surface area contributed by atoms with Crippen molar-refractivity contribution in [2.24, 2.45) is 5.73 Å². The van der Waals surface area contributed by atoms with Crippen LogP contribution in [0.5, 0.6) is 0 Å². The predicted octanol–water partition coefficient (Wildman–Crippen LogP) is 1.52. The van der Waals surface area contributed by atoms with Crippen molar-refractivity contribution in [2.75, 3.05) is 0 Å². The van der Waals surface area contributed by atoms with Gasteiger partial charge in [0.2, 0.25) is 0 Å². The minimum absolute atomic E-state index is 0. The van der Waals surface area contributed by atoms with Crippen LogP contribution in [0.2, 0.25) is 0 Å². The Morgan fingerprint density at radius 3 is 2.69 bits per heavy atom. The van der Waals surface area contributed by atoms with Crippen LogP contribution in [0, 0.1) is 0 Å². The lowest BCUT2D eigenvalue weighted by Crippen LogP contribution is -2.48. The molecule has 152 valence electrons. The number of amides is 2. The number of imidazole rings is 1. The molecular formula is C19H21ClN6O3. The maximum absolute atomic E-state index is 13.1. The fraction of sp³-hybridized carbons (Fsp3) is 0.368. The number of piperidine rings is 1. The number of nitrogens with zero attached hydrogens (tertiary/aromatic N) is 3. The number of carbonyl (C=O) groups is 2. The second kappa shape index (κ2) is 7.49. The van der Waals surface area contributed by atoms with Crippen molar-refractivity contribution in [3.8, 4) is 11.5 Å². The summed E-state index contributed by atoms with van der Waals surface area (Å²) in [6.45, 7) is 0. The second-order valence-electron chi connectivity index (χ2n) is 7.43. The molecule has 0 spiro atoms. The average Bonchev–Trinajstić information content (AvgIpc) is 3.40. The van der Waals surface area contributed by atoms with Gasteiger partial charge in [-0.15, -0.1) is 12.4 Å². The van der Waals surface area contributed by atoms with Gasteiger partial charge in [-0.2, -0.15) is 0 Å². The van der Waals surface area contributed by atoms with Gasteiger partial charge in [0.1, 0.15) is 17.7 Å². The molecule has 2 aliphatic heterocycles. The van der Waals surface area contributed by atoms with E-state index in [9.17, 15) is 9.59 Å². The minimum Gasteiger partial charge on any atom is -0.463 e. The summed E-state index contributed by atoms with van der Waals surface area (Å²) in [6, 6.07) is 6.16. The molecule has 2 unspecified atom stereocenters. The summed E-state index contributed by atoms with van der Waals surface area (Å²) in [6.07, 6.45) is 7.06. The molecule has 2 atom stereocenters. The van der Waals surface area contributed by atoms with E-state index < -0.39 is 5.91 Å². The summed E-state index contributed by atoms with van der Waals surface area (Å²) in [4.78, 5) is 33.3. The maximum Gasteiger partial charge on any atom is 0.271 e. The van der Waals surface area contributed by atoms with Gasteiger partial charge < -0.3 is 20.8 Å². The first-order chi connectivity index (χ1) is 13.6. The molecule has 10 heteroatoms. The van der Waals surface area contributed by atoms with Gasteiger partial charge in [-0.1, -0.05) is 0 Å². The SMILES string of the molecule is Cl.NC(=O)c1ncn2c(C(=O)NC3CC4CCC(C3)N4)cc(-c3ccco3)nc12. The van der Waals surface area contributed by atoms with Crippen LogP contribution in [0.15, 0.2) is 35.2 Å². The van der Waals surface area contributed by atoms with Gasteiger partial charge in [0, 0.05) is 18.1 Å². The third-order valence-electron chi connectivity index (χ3n) is 5.55. The van der Waals surface area contributed by atoms with E-state index >= 15 is 0 Å². The molecule has 0 radical (unpaired) electrons. The van der Waals surface area contributed by atoms with Gasteiger partial charge in [0.05, 0.1) is 6.26 Å². The van der Waals surface area contributed by atoms with Gasteiger partial charge in [0.25, 0.3) is 11.8 Å². The van der Waals surface area contributed by atoms with Gasteiger partial charge in [-0.3, -0.25) is 14.0 Å². The van der Waals surface area contributed by atoms with E-state index in [2.05, 4.69) is 20.6 Å². The zero-order valence-corrected chi connectivity index (χ0v) is 16.3. The van der Waals surface area contributed by atoms with Crippen LogP contribution >= 0.6 is 12.4 Å². The number of halogens is 1. The van der Waals surface area contributed by atoms with E-state index in [4.69, 9.17) is 10.2 Å². The van der Waals surface area contributed by atoms with Gasteiger partial charge in [-0.05, 0) is 43.9 Å². The lowest BCUT2D eigenvalue weighted by atomic mass is 9.99. The number of aromatic nitrogens is 3. The Bertz CT molecular complexity index is 1050. The predicted molar refractivity (Wildman–Crippen MR) is 107 cm³/mol. The van der Waals surface area contributed by atoms with Gasteiger partial charge >= 0.3 is 0 Å². The molecule has 0 aromatic carbocycles. The van der Waals surface area contributed by atoms with E-state index in [1.165, 1.54) is 17.0 Å². The molecule has 3 aromatic rings. The molecule has 2 saturated heterocycles. The van der Waals surface area contributed by atoms with Crippen molar-refractivity contribution in [3.63, 3.8) is 0 Å². The van der Waals surface area contributed by atoms with Crippen LogP contribution in [0.3, 0.4) is 0 Å². The van der Waals surface area contributed by atoms with Crippen LogP contribution < -0.4 is 16.4 Å². The Morgan fingerprint density at radius 1 is 1.28 bits per heavy atom. The molecular weight excluding hydrogens is 396 g/mol. The smallest absolute Gasteiger partial charge is 0.271 e. The Balaban J connectivity index is 0.00000205. The highest BCUT2D eigenvalue weighted by Gasteiger charge is 2.34. The molecule has 4 N–H and O–H groups in total. The fourth-order valence-electron chi connectivity index (χ4n) is 4.30. The van der Waals surface area contributed by atoms with E-state index in [0.717, 1.165) is 25.7 Å². The summed E-state index contributed by atoms with van der Waals surface area (Å²) in [5.74, 6) is -0.444. The summed E-state index contributed by atoms with van der Waals surface area (Å²) in [5, 5.41) is 6.70. The van der Waals surface area contributed by atoms with Crippen LogP contribution in [0.4, 0.5) is 0 Å². The lowest BCUT2D eigenvalue weighted by Gasteiger charge is -2.29. The monoisotopic (exact) mass is 416 g/mol. The Kier molecular flexibility index (Phi) is 5.01. The number of hydrogen-bond donors (Lipinski definition) is 3. The third-order valence-corrected chi connectivity index (χ3v) is 5.55. The van der Waals surface area contributed by atoms with Crippen molar-refractivity contribution in [1.29, 1.82) is 0 Å². The first kappa shape index (κ1) is 19.4. The molecule has 5 heterocycles. The molecule has 2 fully saturated rings. The van der Waals surface area contributed by atoms with Gasteiger partial charge in [-0.25, -0.2) is 9.97 Å². The molecule has 2 aliphatic rings. The quantitative estimate of drug-likeness (QED) is 0.591. The molecule has 9 nitrogen and oxygen atoms in total. The second-order valence-corrected chi connectivity index (χ2v) is 7.43. The van der Waals surface area contributed by atoms with Crippen LogP contribution in [-0.4, -0.2) is 44.3 Å². The van der Waals surface area contributed by atoms with E-state index in [1.807, 2.05) is 0 Å². The summed E-state index contributed by atoms with van der Waals surface area (Å²) in [5.41, 5.74) is 6.45. The Hall–Kier alpha value is -2.91. The zero-order valence-electron chi connectivity index (χ0n) is 15.5. The number of carbonyl (C=O) groups excluding carboxylic acids is 2. The number of nitrogens with two attached hydrogens (primary N) is 1. The van der Waals surface area contributed by atoms with Crippen molar-refractivity contribution < 1.29 is 14.0 Å². The maximum atomic E-state index is 13.1. The number of fused-ring (bicyclic) bond motifs is 3. The van der Waals surface area contributed by atoms with Crippen molar-refractivity contribution in [3.05, 3.63) is 42.2 Å². The molecule has 29 heavy (non-hydrogen) atoms. The standard InChI is InChI=1S/C19H20N6O3.ClH/c20-17(26)16-18-24-13(15-2-1-5-28-15)8-14(25(18)9-21-16)19(27)23-12-6-10-3-4-11(7-12)22-10;/h1-2,5,8-12,22H,3-4,6-7H2,(H2,20,26)(H,23,27);1H. The first-order valence-corrected chi connectivity index (χ1v) is 9.37. The number of furan rings is 1. The highest BCUT2D eigenvalue weighted by molar-refractivity contribution is 5.99. The van der Waals surface area contributed by atoms with E-state index in [0.29, 0.717) is 29.2 Å². The van der Waals surface area contributed by atoms with Crippen LogP contribution in [0.25, 0.3) is 17.1 Å².